The molecule has 11 nitrogen and oxygen atoms in total. The summed E-state index contributed by atoms with van der Waals surface area (Å²) in [4.78, 5) is 33.4. The first-order chi connectivity index (χ1) is 12.0. The number of rotatable bonds is 13. The highest BCUT2D eigenvalue weighted by Crippen LogP contribution is 1.84. The second kappa shape index (κ2) is 15.4. The van der Waals surface area contributed by atoms with Gasteiger partial charge in [0, 0.05) is 6.54 Å². The number of ether oxygens (including phenoxy) is 5. The fourth-order valence-electron chi connectivity index (χ4n) is 1.35. The molecule has 0 aliphatic heterocycles. The van der Waals surface area contributed by atoms with Gasteiger partial charge in [0.15, 0.2) is 0 Å². The van der Waals surface area contributed by atoms with Crippen LogP contribution in [0.3, 0.4) is 0 Å². The molecule has 2 amide bonds. The summed E-state index contributed by atoms with van der Waals surface area (Å²) in [5.41, 5.74) is 5.36. The first-order valence-corrected chi connectivity index (χ1v) is 7.87. The molecule has 0 aromatic heterocycles. The van der Waals surface area contributed by atoms with Crippen molar-refractivity contribution in [2.45, 2.75) is 20.1 Å². The lowest BCUT2D eigenvalue weighted by Crippen LogP contribution is -2.32. The Labute approximate surface area is 146 Å². The Kier molecular flexibility index (Phi) is 14.1. The molecule has 0 rings (SSSR count). The maximum absolute atomic E-state index is 11.2. The third-order valence-corrected chi connectivity index (χ3v) is 2.36. The highest BCUT2D eigenvalue weighted by Gasteiger charge is 2.06. The van der Waals surface area contributed by atoms with Gasteiger partial charge in [0.2, 0.25) is 0 Å². The van der Waals surface area contributed by atoms with Gasteiger partial charge in [-0.15, -0.1) is 0 Å². The smallest absolute Gasteiger partial charge is 0.407 e. The van der Waals surface area contributed by atoms with E-state index in [0.717, 1.165) is 0 Å². The van der Waals surface area contributed by atoms with E-state index in [0.29, 0.717) is 0 Å². The number of amides is 2. The lowest BCUT2D eigenvalue weighted by atomic mass is 10.6. The molecule has 0 aromatic rings. The van der Waals surface area contributed by atoms with Crippen molar-refractivity contribution in [3.63, 3.8) is 0 Å². The molecule has 4 N–H and O–H groups in total. The summed E-state index contributed by atoms with van der Waals surface area (Å²) in [5, 5.41) is 4.70. The number of hydrogen-bond acceptors (Lipinski definition) is 9. The molecule has 0 heterocycles. The molecule has 0 spiro atoms. The van der Waals surface area contributed by atoms with Crippen molar-refractivity contribution in [2.24, 2.45) is 5.73 Å². The Morgan fingerprint density at radius 1 is 0.920 bits per heavy atom. The van der Waals surface area contributed by atoms with Gasteiger partial charge in [-0.25, -0.2) is 9.59 Å². The van der Waals surface area contributed by atoms with E-state index in [1.807, 2.05) is 0 Å². The SMILES string of the molecule is CCOC(=O)CNC(=O)OCCOCCNC(=O)OCCOC(C)N. The molecule has 0 bridgehead atoms. The first-order valence-electron chi connectivity index (χ1n) is 7.87. The first kappa shape index (κ1) is 22.9. The van der Waals surface area contributed by atoms with Gasteiger partial charge in [-0.2, -0.15) is 0 Å². The summed E-state index contributed by atoms with van der Waals surface area (Å²) >= 11 is 0. The molecule has 0 aliphatic carbocycles. The molecule has 146 valence electrons. The van der Waals surface area contributed by atoms with Gasteiger partial charge < -0.3 is 40.1 Å². The van der Waals surface area contributed by atoms with Crippen molar-refractivity contribution in [1.29, 1.82) is 0 Å². The third kappa shape index (κ3) is 16.5. The van der Waals surface area contributed by atoms with E-state index in [2.05, 4.69) is 15.4 Å². The lowest BCUT2D eigenvalue weighted by Gasteiger charge is -2.10. The maximum Gasteiger partial charge on any atom is 0.407 e. The van der Waals surface area contributed by atoms with E-state index in [1.165, 1.54) is 0 Å². The zero-order valence-electron chi connectivity index (χ0n) is 14.6. The van der Waals surface area contributed by atoms with Crippen LogP contribution < -0.4 is 16.4 Å². The minimum Gasteiger partial charge on any atom is -0.465 e. The summed E-state index contributed by atoms with van der Waals surface area (Å²) in [6, 6.07) is 0. The normalized spacial score (nSPS) is 11.3. The van der Waals surface area contributed by atoms with Gasteiger partial charge >= 0.3 is 18.2 Å². The fourth-order valence-corrected chi connectivity index (χ4v) is 1.35. The highest BCUT2D eigenvalue weighted by atomic mass is 16.6. The molecule has 1 atom stereocenters. The van der Waals surface area contributed by atoms with Gasteiger partial charge in [-0.05, 0) is 13.8 Å². The summed E-state index contributed by atoms with van der Waals surface area (Å²) in [6.07, 6.45) is -1.74. The number of carbonyl (C=O) groups excluding carboxylic acids is 3. The van der Waals surface area contributed by atoms with Crippen LogP contribution in [0.25, 0.3) is 0 Å². The molecule has 0 fully saturated rings. The van der Waals surface area contributed by atoms with Crippen LogP contribution >= 0.6 is 0 Å². The van der Waals surface area contributed by atoms with E-state index in [4.69, 9.17) is 24.7 Å². The van der Waals surface area contributed by atoms with Crippen molar-refractivity contribution in [3.8, 4) is 0 Å². The van der Waals surface area contributed by atoms with Gasteiger partial charge in [-0.1, -0.05) is 0 Å². The molecular weight excluding hydrogens is 338 g/mol. The number of hydrogen-bond donors (Lipinski definition) is 3. The Morgan fingerprint density at radius 3 is 2.20 bits per heavy atom. The Morgan fingerprint density at radius 2 is 1.56 bits per heavy atom. The predicted molar refractivity (Wildman–Crippen MR) is 85.8 cm³/mol. The van der Waals surface area contributed by atoms with Crippen LogP contribution in [0.15, 0.2) is 0 Å². The molecule has 1 unspecified atom stereocenters. The highest BCUT2D eigenvalue weighted by molar-refractivity contribution is 5.77. The van der Waals surface area contributed by atoms with E-state index in [9.17, 15) is 14.4 Å². The predicted octanol–water partition coefficient (Wildman–Crippen LogP) is -0.660. The average molecular weight is 365 g/mol. The molecule has 0 aromatic carbocycles. The molecule has 0 saturated carbocycles. The lowest BCUT2D eigenvalue weighted by molar-refractivity contribution is -0.141. The van der Waals surface area contributed by atoms with E-state index in [-0.39, 0.29) is 52.7 Å². The second-order valence-electron chi connectivity index (χ2n) is 4.55. The van der Waals surface area contributed by atoms with Gasteiger partial charge in [-0.3, -0.25) is 4.79 Å². The molecule has 0 radical (unpaired) electrons. The zero-order chi connectivity index (χ0) is 18.9. The number of carbonyl (C=O) groups is 3. The van der Waals surface area contributed by atoms with E-state index in [1.54, 1.807) is 13.8 Å². The monoisotopic (exact) mass is 365 g/mol. The maximum atomic E-state index is 11.2. The number of nitrogens with two attached hydrogens (primary N) is 1. The minimum absolute atomic E-state index is 0.00766. The Balaban J connectivity index is 3.39. The second-order valence-corrected chi connectivity index (χ2v) is 4.55. The van der Waals surface area contributed by atoms with Gasteiger partial charge in [0.05, 0.1) is 26.4 Å². The van der Waals surface area contributed by atoms with E-state index >= 15 is 0 Å². The molecule has 11 heteroatoms. The molecular formula is C14H27N3O8. The fraction of sp³-hybridized carbons (Fsp3) is 0.786. The van der Waals surface area contributed by atoms with Crippen LogP contribution in [0.5, 0.6) is 0 Å². The summed E-state index contributed by atoms with van der Waals surface area (Å²) in [5.74, 6) is -0.544. The van der Waals surface area contributed by atoms with Crippen LogP contribution in [-0.2, 0) is 28.5 Å². The third-order valence-electron chi connectivity index (χ3n) is 2.36. The van der Waals surface area contributed by atoms with Crippen molar-refractivity contribution in [3.05, 3.63) is 0 Å². The topological polar surface area (TPSA) is 147 Å². The number of esters is 1. The average Bonchev–Trinajstić information content (AvgIpc) is 2.56. The quantitative estimate of drug-likeness (QED) is 0.167. The summed E-state index contributed by atoms with van der Waals surface area (Å²) in [6.45, 7) is 4.26. The Bertz CT molecular complexity index is 392. The van der Waals surface area contributed by atoms with Gasteiger partial charge in [0.1, 0.15) is 26.0 Å². The van der Waals surface area contributed by atoms with Crippen molar-refractivity contribution < 1.29 is 38.1 Å². The van der Waals surface area contributed by atoms with Crippen molar-refractivity contribution in [1.82, 2.24) is 10.6 Å². The molecule has 0 aliphatic rings. The minimum atomic E-state index is -0.743. The molecule has 25 heavy (non-hydrogen) atoms. The van der Waals surface area contributed by atoms with Crippen LogP contribution in [0.4, 0.5) is 9.59 Å². The van der Waals surface area contributed by atoms with Crippen LogP contribution in [0.1, 0.15) is 13.8 Å². The number of alkyl carbamates (subject to hydrolysis) is 2. The summed E-state index contributed by atoms with van der Waals surface area (Å²) in [7, 11) is 0. The van der Waals surface area contributed by atoms with E-state index < -0.39 is 24.4 Å². The van der Waals surface area contributed by atoms with Crippen molar-refractivity contribution >= 4 is 18.2 Å². The number of nitrogens with one attached hydrogen (secondary N) is 2. The van der Waals surface area contributed by atoms with Crippen LogP contribution in [0, 0.1) is 0 Å². The standard InChI is InChI=1S/C14H27N3O8/c1-3-22-12(18)10-17-14(20)24-7-6-21-5-4-16-13(19)25-9-8-23-11(2)15/h11H,3-10,15H2,1-2H3,(H,16,19)(H,17,20). The largest absolute Gasteiger partial charge is 0.465 e. The van der Waals surface area contributed by atoms with Gasteiger partial charge in [0.25, 0.3) is 0 Å². The zero-order valence-corrected chi connectivity index (χ0v) is 14.6. The molecule has 0 saturated heterocycles. The van der Waals surface area contributed by atoms with Crippen molar-refractivity contribution in [2.75, 3.05) is 52.7 Å². The summed E-state index contributed by atoms with van der Waals surface area (Å²) < 4.78 is 24.4. The van der Waals surface area contributed by atoms with Crippen LogP contribution in [0.2, 0.25) is 0 Å². The Hall–Kier alpha value is -2.11. The van der Waals surface area contributed by atoms with Crippen LogP contribution in [-0.4, -0.2) is 77.1 Å².